The van der Waals surface area contributed by atoms with Crippen molar-refractivity contribution in [1.82, 2.24) is 4.90 Å². The zero-order valence-corrected chi connectivity index (χ0v) is 11.7. The predicted molar refractivity (Wildman–Crippen MR) is 70.2 cm³/mol. The lowest BCUT2D eigenvalue weighted by atomic mass is 9.88. The molecule has 0 amide bonds. The van der Waals surface area contributed by atoms with Gasteiger partial charge in [0.15, 0.2) is 0 Å². The van der Waals surface area contributed by atoms with Gasteiger partial charge in [0.25, 0.3) is 0 Å². The van der Waals surface area contributed by atoms with Crippen molar-refractivity contribution in [3.63, 3.8) is 0 Å². The highest BCUT2D eigenvalue weighted by Crippen LogP contribution is 2.25. The van der Waals surface area contributed by atoms with E-state index in [0.29, 0.717) is 0 Å². The number of hydrogen-bond acceptors (Lipinski definition) is 1. The summed E-state index contributed by atoms with van der Waals surface area (Å²) in [5.41, 5.74) is 0. The van der Waals surface area contributed by atoms with Crippen LogP contribution in [0.15, 0.2) is 0 Å². The van der Waals surface area contributed by atoms with E-state index in [4.69, 9.17) is 0 Å². The van der Waals surface area contributed by atoms with E-state index in [2.05, 4.69) is 32.6 Å². The molecule has 0 aromatic carbocycles. The summed E-state index contributed by atoms with van der Waals surface area (Å²) in [5.74, 6) is 1.73. The lowest BCUT2D eigenvalue weighted by Crippen LogP contribution is -2.45. The third-order valence-corrected chi connectivity index (χ3v) is 3.25. The molecule has 0 aromatic rings. The number of hydrogen-bond donors (Lipinski definition) is 0. The molecule has 15 heavy (non-hydrogen) atoms. The molecule has 0 aromatic heterocycles. The van der Waals surface area contributed by atoms with Crippen LogP contribution in [0.1, 0.15) is 60.8 Å². The van der Waals surface area contributed by atoms with Gasteiger partial charge in [-0.15, -0.1) is 0 Å². The number of nitrogens with zero attached hydrogens (tertiary/aromatic N) is 1. The van der Waals surface area contributed by atoms with E-state index in [1.165, 1.54) is 32.4 Å². The first-order valence-electron chi connectivity index (χ1n) is 6.89. The molecule has 1 fully saturated rings. The molecule has 0 spiro atoms. The van der Waals surface area contributed by atoms with Gasteiger partial charge in [-0.3, -0.25) is 4.90 Å². The summed E-state index contributed by atoms with van der Waals surface area (Å²) < 4.78 is 0. The van der Waals surface area contributed by atoms with Crippen molar-refractivity contribution in [3.05, 3.63) is 0 Å². The van der Waals surface area contributed by atoms with Crippen molar-refractivity contribution in [1.29, 1.82) is 0 Å². The average molecular weight is 213 g/mol. The third-order valence-electron chi connectivity index (χ3n) is 3.25. The summed E-state index contributed by atoms with van der Waals surface area (Å²) in [6.45, 7) is 16.0. The average Bonchev–Trinajstić information content (AvgIpc) is 2.20. The SMILES string of the molecule is CC.CCC1C(C)CCCN1CC(C)C. The first kappa shape index (κ1) is 15.0. The molecule has 2 atom stereocenters. The Morgan fingerprint density at radius 3 is 2.33 bits per heavy atom. The van der Waals surface area contributed by atoms with Crippen molar-refractivity contribution >= 4 is 0 Å². The van der Waals surface area contributed by atoms with Crippen LogP contribution in [0.3, 0.4) is 0 Å². The van der Waals surface area contributed by atoms with Crippen LogP contribution < -0.4 is 0 Å². The van der Waals surface area contributed by atoms with Crippen LogP contribution in [-0.2, 0) is 0 Å². The molecule has 1 rings (SSSR count). The van der Waals surface area contributed by atoms with Gasteiger partial charge in [-0.1, -0.05) is 41.5 Å². The standard InChI is InChI=1S/C12H25N.C2H6/c1-5-12-11(4)7-6-8-13(12)9-10(2)3;1-2/h10-12H,5-9H2,1-4H3;1-2H3. The van der Waals surface area contributed by atoms with Crippen LogP contribution in [0.25, 0.3) is 0 Å². The molecule has 1 heteroatoms. The number of piperidine rings is 1. The first-order chi connectivity index (χ1) is 7.15. The Morgan fingerprint density at radius 2 is 1.87 bits per heavy atom. The maximum Gasteiger partial charge on any atom is 0.0118 e. The lowest BCUT2D eigenvalue weighted by Gasteiger charge is -2.40. The van der Waals surface area contributed by atoms with Gasteiger partial charge in [-0.05, 0) is 37.6 Å². The summed E-state index contributed by atoms with van der Waals surface area (Å²) in [7, 11) is 0. The second-order valence-corrected chi connectivity index (χ2v) is 4.98. The maximum atomic E-state index is 2.71. The summed E-state index contributed by atoms with van der Waals surface area (Å²) in [6, 6.07) is 0.858. The van der Waals surface area contributed by atoms with Gasteiger partial charge in [0.2, 0.25) is 0 Å². The Hall–Kier alpha value is -0.0400. The van der Waals surface area contributed by atoms with E-state index < -0.39 is 0 Å². The molecule has 92 valence electrons. The van der Waals surface area contributed by atoms with Crippen molar-refractivity contribution < 1.29 is 0 Å². The fourth-order valence-corrected chi connectivity index (χ4v) is 2.69. The fourth-order valence-electron chi connectivity index (χ4n) is 2.69. The summed E-state index contributed by atoms with van der Waals surface area (Å²) in [5, 5.41) is 0. The Labute approximate surface area is 97.2 Å². The van der Waals surface area contributed by atoms with Crippen LogP contribution >= 0.6 is 0 Å². The van der Waals surface area contributed by atoms with Gasteiger partial charge in [-0.2, -0.15) is 0 Å². The largest absolute Gasteiger partial charge is 0.300 e. The molecule has 1 aliphatic rings. The minimum Gasteiger partial charge on any atom is -0.300 e. The predicted octanol–water partition coefficient (Wildman–Crippen LogP) is 4.18. The normalized spacial score (nSPS) is 27.4. The molecule has 0 aliphatic carbocycles. The van der Waals surface area contributed by atoms with E-state index in [-0.39, 0.29) is 0 Å². The maximum absolute atomic E-state index is 2.71. The summed E-state index contributed by atoms with van der Waals surface area (Å²) in [6.07, 6.45) is 4.17. The van der Waals surface area contributed by atoms with Gasteiger partial charge in [0.05, 0.1) is 0 Å². The molecule has 1 saturated heterocycles. The van der Waals surface area contributed by atoms with Gasteiger partial charge in [0, 0.05) is 12.6 Å². The number of rotatable bonds is 3. The van der Waals surface area contributed by atoms with Crippen LogP contribution in [0.5, 0.6) is 0 Å². The zero-order chi connectivity index (χ0) is 11.8. The van der Waals surface area contributed by atoms with Gasteiger partial charge in [0.1, 0.15) is 0 Å². The van der Waals surface area contributed by atoms with Crippen molar-refractivity contribution in [2.24, 2.45) is 11.8 Å². The van der Waals surface area contributed by atoms with E-state index in [1.807, 2.05) is 13.8 Å². The third kappa shape index (κ3) is 5.01. The summed E-state index contributed by atoms with van der Waals surface area (Å²) >= 11 is 0. The van der Waals surface area contributed by atoms with Crippen LogP contribution in [0, 0.1) is 11.8 Å². The fraction of sp³-hybridized carbons (Fsp3) is 1.00. The van der Waals surface area contributed by atoms with Crippen molar-refractivity contribution in [2.75, 3.05) is 13.1 Å². The molecule has 0 radical (unpaired) electrons. The van der Waals surface area contributed by atoms with E-state index in [9.17, 15) is 0 Å². The smallest absolute Gasteiger partial charge is 0.0118 e. The van der Waals surface area contributed by atoms with Crippen molar-refractivity contribution in [2.45, 2.75) is 66.8 Å². The van der Waals surface area contributed by atoms with Gasteiger partial charge >= 0.3 is 0 Å². The minimum atomic E-state index is 0.819. The minimum absolute atomic E-state index is 0.819. The Bertz CT molecular complexity index is 142. The van der Waals surface area contributed by atoms with Crippen LogP contribution in [-0.4, -0.2) is 24.0 Å². The molecule has 1 nitrogen and oxygen atoms in total. The Balaban J connectivity index is 0.000000921. The van der Waals surface area contributed by atoms with E-state index in [0.717, 1.165) is 17.9 Å². The monoisotopic (exact) mass is 213 g/mol. The molecule has 2 unspecified atom stereocenters. The van der Waals surface area contributed by atoms with Crippen LogP contribution in [0.2, 0.25) is 0 Å². The number of likely N-dealkylation sites (tertiary alicyclic amines) is 1. The van der Waals surface area contributed by atoms with E-state index in [1.54, 1.807) is 0 Å². The van der Waals surface area contributed by atoms with Gasteiger partial charge in [-0.25, -0.2) is 0 Å². The molecular weight excluding hydrogens is 182 g/mol. The van der Waals surface area contributed by atoms with E-state index >= 15 is 0 Å². The lowest BCUT2D eigenvalue weighted by molar-refractivity contribution is 0.0859. The Morgan fingerprint density at radius 1 is 1.27 bits per heavy atom. The molecular formula is C14H31N. The molecule has 0 bridgehead atoms. The highest BCUT2D eigenvalue weighted by molar-refractivity contribution is 4.81. The van der Waals surface area contributed by atoms with Gasteiger partial charge < -0.3 is 0 Å². The molecule has 0 saturated carbocycles. The topological polar surface area (TPSA) is 3.24 Å². The molecule has 1 heterocycles. The zero-order valence-electron chi connectivity index (χ0n) is 11.7. The molecule has 1 aliphatic heterocycles. The quantitative estimate of drug-likeness (QED) is 0.680. The second-order valence-electron chi connectivity index (χ2n) is 4.98. The first-order valence-corrected chi connectivity index (χ1v) is 6.89. The highest BCUT2D eigenvalue weighted by atomic mass is 15.2. The highest BCUT2D eigenvalue weighted by Gasteiger charge is 2.26. The van der Waals surface area contributed by atoms with Crippen LogP contribution in [0.4, 0.5) is 0 Å². The Kier molecular flexibility index (Phi) is 8.13. The second kappa shape index (κ2) is 8.15. The van der Waals surface area contributed by atoms with Crippen molar-refractivity contribution in [3.8, 4) is 0 Å². The summed E-state index contributed by atoms with van der Waals surface area (Å²) in [4.78, 5) is 2.71. The molecule has 0 N–H and O–H groups in total.